The Morgan fingerprint density at radius 3 is 2.17 bits per heavy atom. The molecule has 0 spiro atoms. The summed E-state index contributed by atoms with van der Waals surface area (Å²) >= 11 is 0. The summed E-state index contributed by atoms with van der Waals surface area (Å²) in [5.74, 6) is 0.438. The third-order valence-electron chi connectivity index (χ3n) is 2.98. The molecule has 2 aromatic rings. The number of nitrogens with zero attached hydrogens (tertiary/aromatic N) is 2. The molecule has 9 heteroatoms. The van der Waals surface area contributed by atoms with Gasteiger partial charge in [-0.15, -0.1) is 0 Å². The predicted molar refractivity (Wildman–Crippen MR) is 82.6 cm³/mol. The monoisotopic (exact) mass is 332 g/mol. The Morgan fingerprint density at radius 2 is 1.58 bits per heavy atom. The van der Waals surface area contributed by atoms with Gasteiger partial charge in [0.1, 0.15) is 25.2 Å². The lowest BCUT2D eigenvalue weighted by atomic mass is 10.2. The first-order chi connectivity index (χ1) is 11.5. The SMILES string of the molecule is O=Cc1ccc(OCCOc2ccc([N+](=O)[O-])cc2[N+](=O)[O-])cc1. The number of benzene rings is 2. The molecular weight excluding hydrogens is 320 g/mol. The fourth-order valence-electron chi connectivity index (χ4n) is 1.84. The second kappa shape index (κ2) is 7.68. The minimum atomic E-state index is -0.749. The molecule has 0 aliphatic rings. The van der Waals surface area contributed by atoms with Gasteiger partial charge in [0.2, 0.25) is 0 Å². The van der Waals surface area contributed by atoms with Crippen molar-refractivity contribution in [3.63, 3.8) is 0 Å². The van der Waals surface area contributed by atoms with E-state index in [1.807, 2.05) is 0 Å². The number of hydrogen-bond acceptors (Lipinski definition) is 7. The Bertz CT molecular complexity index is 759. The second-order valence-corrected chi connectivity index (χ2v) is 4.55. The average molecular weight is 332 g/mol. The van der Waals surface area contributed by atoms with Crippen LogP contribution in [0, 0.1) is 20.2 Å². The molecule has 24 heavy (non-hydrogen) atoms. The van der Waals surface area contributed by atoms with E-state index in [1.165, 1.54) is 6.07 Å². The largest absolute Gasteiger partial charge is 0.490 e. The Labute approximate surface area is 135 Å². The molecule has 0 unspecified atom stereocenters. The maximum absolute atomic E-state index is 11.0. The van der Waals surface area contributed by atoms with Crippen LogP contribution in [-0.2, 0) is 0 Å². The van der Waals surface area contributed by atoms with Crippen molar-refractivity contribution in [1.82, 2.24) is 0 Å². The highest BCUT2D eigenvalue weighted by Crippen LogP contribution is 2.30. The van der Waals surface area contributed by atoms with E-state index in [9.17, 15) is 25.0 Å². The van der Waals surface area contributed by atoms with E-state index in [4.69, 9.17) is 9.47 Å². The zero-order valence-corrected chi connectivity index (χ0v) is 12.3. The molecule has 0 fully saturated rings. The highest BCUT2D eigenvalue weighted by molar-refractivity contribution is 5.74. The smallest absolute Gasteiger partial charge is 0.317 e. The van der Waals surface area contributed by atoms with Gasteiger partial charge in [-0.1, -0.05) is 0 Å². The van der Waals surface area contributed by atoms with Gasteiger partial charge >= 0.3 is 5.69 Å². The quantitative estimate of drug-likeness (QED) is 0.315. The maximum atomic E-state index is 11.0. The van der Waals surface area contributed by atoms with Crippen LogP contribution >= 0.6 is 0 Å². The van der Waals surface area contributed by atoms with Crippen LogP contribution < -0.4 is 9.47 Å². The summed E-state index contributed by atoms with van der Waals surface area (Å²) in [6.07, 6.45) is 0.709. The van der Waals surface area contributed by atoms with E-state index in [2.05, 4.69) is 0 Å². The molecule has 2 rings (SSSR count). The van der Waals surface area contributed by atoms with Gasteiger partial charge in [-0.05, 0) is 30.3 Å². The first-order valence-corrected chi connectivity index (χ1v) is 6.75. The topological polar surface area (TPSA) is 122 Å². The molecule has 0 N–H and O–H groups in total. The van der Waals surface area contributed by atoms with E-state index in [-0.39, 0.29) is 24.7 Å². The van der Waals surface area contributed by atoms with Gasteiger partial charge in [0, 0.05) is 11.6 Å². The van der Waals surface area contributed by atoms with Crippen molar-refractivity contribution in [2.24, 2.45) is 0 Å². The van der Waals surface area contributed by atoms with Gasteiger partial charge in [-0.25, -0.2) is 0 Å². The van der Waals surface area contributed by atoms with Crippen LogP contribution in [0.15, 0.2) is 42.5 Å². The van der Waals surface area contributed by atoms with E-state index in [0.29, 0.717) is 17.6 Å². The second-order valence-electron chi connectivity index (χ2n) is 4.55. The number of aldehydes is 1. The van der Waals surface area contributed by atoms with Crippen molar-refractivity contribution < 1.29 is 24.1 Å². The van der Waals surface area contributed by atoms with Crippen LogP contribution in [0.25, 0.3) is 0 Å². The maximum Gasteiger partial charge on any atom is 0.317 e. The van der Waals surface area contributed by atoms with Crippen LogP contribution in [0.5, 0.6) is 11.5 Å². The highest BCUT2D eigenvalue weighted by Gasteiger charge is 2.20. The van der Waals surface area contributed by atoms with E-state index in [0.717, 1.165) is 12.1 Å². The minimum Gasteiger partial charge on any atom is -0.490 e. The molecule has 124 valence electrons. The first kappa shape index (κ1) is 16.9. The molecule has 0 amide bonds. The number of carbonyl (C=O) groups is 1. The van der Waals surface area contributed by atoms with Crippen LogP contribution in [0.4, 0.5) is 11.4 Å². The Kier molecular flexibility index (Phi) is 5.40. The summed E-state index contributed by atoms with van der Waals surface area (Å²) in [5, 5.41) is 21.6. The summed E-state index contributed by atoms with van der Waals surface area (Å²) in [6, 6.07) is 9.54. The third-order valence-corrected chi connectivity index (χ3v) is 2.98. The highest BCUT2D eigenvalue weighted by atomic mass is 16.6. The summed E-state index contributed by atoms with van der Waals surface area (Å²) in [5.41, 5.74) is -0.361. The van der Waals surface area contributed by atoms with E-state index < -0.39 is 15.5 Å². The third kappa shape index (κ3) is 4.26. The summed E-state index contributed by atoms with van der Waals surface area (Å²) in [4.78, 5) is 30.7. The van der Waals surface area contributed by atoms with Crippen LogP contribution in [0.1, 0.15) is 10.4 Å². The molecule has 0 saturated heterocycles. The molecule has 2 aromatic carbocycles. The molecule has 0 radical (unpaired) electrons. The predicted octanol–water partition coefficient (Wildman–Crippen LogP) is 2.77. The lowest BCUT2D eigenvalue weighted by Gasteiger charge is -2.08. The standard InChI is InChI=1S/C15H12N2O7/c18-10-11-1-4-13(5-2-11)23-7-8-24-15-6-3-12(16(19)20)9-14(15)17(21)22/h1-6,9-10H,7-8H2. The molecule has 0 aliphatic heterocycles. The van der Waals surface area contributed by atoms with Crippen LogP contribution in [-0.4, -0.2) is 29.3 Å². The van der Waals surface area contributed by atoms with Crippen molar-refractivity contribution in [3.05, 3.63) is 68.3 Å². The lowest BCUT2D eigenvalue weighted by Crippen LogP contribution is -2.10. The van der Waals surface area contributed by atoms with Gasteiger partial charge in [0.25, 0.3) is 5.69 Å². The van der Waals surface area contributed by atoms with Gasteiger partial charge in [-0.2, -0.15) is 0 Å². The Hall–Kier alpha value is -3.49. The molecule has 0 saturated carbocycles. The molecule has 0 bridgehead atoms. The molecular formula is C15H12N2O7. The average Bonchev–Trinajstić information content (AvgIpc) is 2.59. The van der Waals surface area contributed by atoms with Crippen LogP contribution in [0.3, 0.4) is 0 Å². The number of non-ortho nitro benzene ring substituents is 1. The minimum absolute atomic E-state index is 0.00802. The van der Waals surface area contributed by atoms with Crippen molar-refractivity contribution in [2.75, 3.05) is 13.2 Å². The number of hydrogen-bond donors (Lipinski definition) is 0. The summed E-state index contributed by atoms with van der Waals surface area (Å²) in [7, 11) is 0. The van der Waals surface area contributed by atoms with Crippen LogP contribution in [0.2, 0.25) is 0 Å². The van der Waals surface area contributed by atoms with Gasteiger partial charge < -0.3 is 9.47 Å². The van der Waals surface area contributed by atoms with Crippen molar-refractivity contribution >= 4 is 17.7 Å². The van der Waals surface area contributed by atoms with Crippen molar-refractivity contribution in [3.8, 4) is 11.5 Å². The molecule has 0 aromatic heterocycles. The van der Waals surface area contributed by atoms with Crippen molar-refractivity contribution in [2.45, 2.75) is 0 Å². The normalized spacial score (nSPS) is 10.0. The molecule has 0 heterocycles. The number of nitro benzene ring substituents is 2. The molecule has 0 aliphatic carbocycles. The Balaban J connectivity index is 1.94. The number of carbonyl (C=O) groups excluding carboxylic acids is 1. The van der Waals surface area contributed by atoms with Crippen molar-refractivity contribution in [1.29, 1.82) is 0 Å². The Morgan fingerprint density at radius 1 is 0.917 bits per heavy atom. The van der Waals surface area contributed by atoms with Gasteiger partial charge in [-0.3, -0.25) is 25.0 Å². The van der Waals surface area contributed by atoms with Gasteiger partial charge in [0.05, 0.1) is 15.9 Å². The summed E-state index contributed by atoms with van der Waals surface area (Å²) < 4.78 is 10.6. The lowest BCUT2D eigenvalue weighted by molar-refractivity contribution is -0.394. The number of ether oxygens (including phenoxy) is 2. The van der Waals surface area contributed by atoms with E-state index >= 15 is 0 Å². The number of nitro groups is 2. The van der Waals surface area contributed by atoms with Gasteiger partial charge in [0.15, 0.2) is 5.75 Å². The zero-order chi connectivity index (χ0) is 17.5. The molecule has 0 atom stereocenters. The fourth-order valence-corrected chi connectivity index (χ4v) is 1.84. The summed E-state index contributed by atoms with van der Waals surface area (Å²) in [6.45, 7) is 0.114. The first-order valence-electron chi connectivity index (χ1n) is 6.75. The fraction of sp³-hybridized carbons (Fsp3) is 0.133. The van der Waals surface area contributed by atoms with E-state index in [1.54, 1.807) is 24.3 Å². The molecule has 9 nitrogen and oxygen atoms in total. The number of rotatable bonds is 8. The zero-order valence-electron chi connectivity index (χ0n) is 12.3.